The van der Waals surface area contributed by atoms with Crippen molar-refractivity contribution < 1.29 is 8.78 Å². The molecule has 0 aliphatic rings. The number of hydrogen-bond acceptors (Lipinski definition) is 3. The van der Waals surface area contributed by atoms with Gasteiger partial charge < -0.3 is 10.6 Å². The van der Waals surface area contributed by atoms with Gasteiger partial charge in [-0.05, 0) is 36.2 Å². The summed E-state index contributed by atoms with van der Waals surface area (Å²) in [5.74, 6) is -1.63. The van der Waals surface area contributed by atoms with E-state index in [1.54, 1.807) is 18.5 Å². The lowest BCUT2D eigenvalue weighted by Gasteiger charge is -2.10. The highest BCUT2D eigenvalue weighted by atomic mass is 19.2. The van der Waals surface area contributed by atoms with Crippen molar-refractivity contribution in [3.05, 3.63) is 59.4 Å². The molecule has 0 saturated heterocycles. The van der Waals surface area contributed by atoms with Crippen molar-refractivity contribution in [2.24, 2.45) is 0 Å². The van der Waals surface area contributed by atoms with Gasteiger partial charge in [0.1, 0.15) is 0 Å². The van der Waals surface area contributed by atoms with E-state index in [0.717, 1.165) is 36.0 Å². The first kappa shape index (κ1) is 14.4. The summed E-state index contributed by atoms with van der Waals surface area (Å²) in [6.45, 7) is 3.97. The molecule has 3 nitrogen and oxygen atoms in total. The molecular formula is C15H17F2N3. The molecule has 1 heterocycles. The van der Waals surface area contributed by atoms with Crippen LogP contribution < -0.4 is 10.6 Å². The molecule has 1 aromatic heterocycles. The van der Waals surface area contributed by atoms with Gasteiger partial charge in [0.2, 0.25) is 0 Å². The minimum absolute atomic E-state index is 0.508. The highest BCUT2D eigenvalue weighted by molar-refractivity contribution is 5.48. The molecule has 0 saturated carbocycles. The maximum atomic E-state index is 13.0. The first-order valence-corrected chi connectivity index (χ1v) is 6.46. The molecule has 0 fully saturated rings. The van der Waals surface area contributed by atoms with Gasteiger partial charge in [-0.3, -0.25) is 4.98 Å². The van der Waals surface area contributed by atoms with Crippen LogP contribution in [0.5, 0.6) is 0 Å². The Morgan fingerprint density at radius 1 is 1.10 bits per heavy atom. The maximum absolute atomic E-state index is 13.0. The van der Waals surface area contributed by atoms with Crippen molar-refractivity contribution in [3.8, 4) is 0 Å². The number of anilines is 1. The van der Waals surface area contributed by atoms with Crippen molar-refractivity contribution in [3.63, 3.8) is 0 Å². The van der Waals surface area contributed by atoms with Crippen LogP contribution in [0, 0.1) is 18.6 Å². The van der Waals surface area contributed by atoms with Crippen molar-refractivity contribution >= 4 is 5.69 Å². The van der Waals surface area contributed by atoms with Crippen LogP contribution in [-0.4, -0.2) is 18.1 Å². The van der Waals surface area contributed by atoms with Crippen molar-refractivity contribution in [2.45, 2.75) is 13.5 Å². The zero-order valence-electron chi connectivity index (χ0n) is 11.3. The molecule has 0 bridgehead atoms. The number of aromatic nitrogens is 1. The summed E-state index contributed by atoms with van der Waals surface area (Å²) in [6, 6.07) is 5.85. The number of aryl methyl sites for hydroxylation is 1. The van der Waals surface area contributed by atoms with E-state index in [9.17, 15) is 8.78 Å². The predicted molar refractivity (Wildman–Crippen MR) is 75.5 cm³/mol. The molecule has 0 spiro atoms. The lowest BCUT2D eigenvalue weighted by atomic mass is 10.2. The smallest absolute Gasteiger partial charge is 0.159 e. The topological polar surface area (TPSA) is 37.0 Å². The van der Waals surface area contributed by atoms with E-state index in [4.69, 9.17) is 0 Å². The summed E-state index contributed by atoms with van der Waals surface area (Å²) in [4.78, 5) is 4.02. The number of nitrogens with one attached hydrogen (secondary N) is 2. The Hall–Kier alpha value is -2.01. The fraction of sp³-hybridized carbons (Fsp3) is 0.267. The molecule has 0 aliphatic carbocycles. The van der Waals surface area contributed by atoms with Crippen LogP contribution in [-0.2, 0) is 6.54 Å². The van der Waals surface area contributed by atoms with Gasteiger partial charge in [-0.1, -0.05) is 6.07 Å². The van der Waals surface area contributed by atoms with Gasteiger partial charge in [0.25, 0.3) is 0 Å². The van der Waals surface area contributed by atoms with Crippen LogP contribution in [0.3, 0.4) is 0 Å². The zero-order valence-corrected chi connectivity index (χ0v) is 11.3. The van der Waals surface area contributed by atoms with E-state index in [1.165, 1.54) is 6.07 Å². The lowest BCUT2D eigenvalue weighted by molar-refractivity contribution is 0.506. The predicted octanol–water partition coefficient (Wildman–Crippen LogP) is 2.87. The van der Waals surface area contributed by atoms with Gasteiger partial charge >= 0.3 is 0 Å². The molecule has 0 atom stereocenters. The Balaban J connectivity index is 1.71. The van der Waals surface area contributed by atoms with Gasteiger partial charge in [0, 0.05) is 37.7 Å². The highest BCUT2D eigenvalue weighted by Crippen LogP contribution is 2.10. The Kier molecular flexibility index (Phi) is 5.01. The standard InChI is InChI=1S/C15H17F2N3/c1-11-9-18-5-4-15(11)20-7-6-19-10-12-2-3-13(16)14(17)8-12/h2-5,8-9,19H,6-7,10H2,1H3,(H,18,20). The third-order valence-corrected chi connectivity index (χ3v) is 2.95. The molecule has 0 aliphatic heterocycles. The Morgan fingerprint density at radius 2 is 1.95 bits per heavy atom. The minimum Gasteiger partial charge on any atom is -0.383 e. The Labute approximate surface area is 117 Å². The summed E-state index contributed by atoms with van der Waals surface area (Å²) in [7, 11) is 0. The van der Waals surface area contributed by atoms with Gasteiger partial charge in [0.15, 0.2) is 11.6 Å². The average molecular weight is 277 g/mol. The van der Waals surface area contributed by atoms with Crippen molar-refractivity contribution in [1.29, 1.82) is 0 Å². The van der Waals surface area contributed by atoms with Crippen molar-refractivity contribution in [1.82, 2.24) is 10.3 Å². The molecule has 20 heavy (non-hydrogen) atoms. The van der Waals surface area contributed by atoms with E-state index in [1.807, 2.05) is 13.0 Å². The first-order valence-electron chi connectivity index (χ1n) is 6.46. The molecule has 2 rings (SSSR count). The molecule has 2 aromatic rings. The third kappa shape index (κ3) is 3.99. The van der Waals surface area contributed by atoms with Crippen LogP contribution >= 0.6 is 0 Å². The second-order valence-electron chi connectivity index (χ2n) is 4.54. The molecular weight excluding hydrogens is 260 g/mol. The summed E-state index contributed by atoms with van der Waals surface area (Å²) in [5, 5.41) is 6.45. The van der Waals surface area contributed by atoms with Crippen LogP contribution in [0.2, 0.25) is 0 Å². The van der Waals surface area contributed by atoms with E-state index >= 15 is 0 Å². The van der Waals surface area contributed by atoms with Crippen LogP contribution in [0.4, 0.5) is 14.5 Å². The highest BCUT2D eigenvalue weighted by Gasteiger charge is 2.02. The normalized spacial score (nSPS) is 10.6. The minimum atomic E-state index is -0.816. The number of pyridine rings is 1. The number of benzene rings is 1. The van der Waals surface area contributed by atoms with E-state index < -0.39 is 11.6 Å². The number of hydrogen-bond donors (Lipinski definition) is 2. The molecule has 0 unspecified atom stereocenters. The fourth-order valence-corrected chi connectivity index (χ4v) is 1.84. The fourth-order valence-electron chi connectivity index (χ4n) is 1.84. The largest absolute Gasteiger partial charge is 0.383 e. The van der Waals surface area contributed by atoms with Crippen LogP contribution in [0.25, 0.3) is 0 Å². The summed E-state index contributed by atoms with van der Waals surface area (Å²) in [5.41, 5.74) is 2.87. The van der Waals surface area contributed by atoms with Crippen LogP contribution in [0.1, 0.15) is 11.1 Å². The lowest BCUT2D eigenvalue weighted by Crippen LogP contribution is -2.22. The van der Waals surface area contributed by atoms with E-state index in [-0.39, 0.29) is 0 Å². The van der Waals surface area contributed by atoms with Crippen LogP contribution in [0.15, 0.2) is 36.7 Å². The van der Waals surface area contributed by atoms with E-state index in [2.05, 4.69) is 15.6 Å². The Morgan fingerprint density at radius 3 is 2.70 bits per heavy atom. The van der Waals surface area contributed by atoms with E-state index in [0.29, 0.717) is 6.54 Å². The quantitative estimate of drug-likeness (QED) is 0.797. The van der Waals surface area contributed by atoms with Gasteiger partial charge in [-0.15, -0.1) is 0 Å². The number of nitrogens with zero attached hydrogens (tertiary/aromatic N) is 1. The van der Waals surface area contributed by atoms with Crippen molar-refractivity contribution in [2.75, 3.05) is 18.4 Å². The van der Waals surface area contributed by atoms with Gasteiger partial charge in [-0.2, -0.15) is 0 Å². The maximum Gasteiger partial charge on any atom is 0.159 e. The molecule has 1 aromatic carbocycles. The molecule has 2 N–H and O–H groups in total. The molecule has 0 radical (unpaired) electrons. The second-order valence-corrected chi connectivity index (χ2v) is 4.54. The summed E-state index contributed by atoms with van der Waals surface area (Å²) < 4.78 is 25.8. The zero-order chi connectivity index (χ0) is 14.4. The van der Waals surface area contributed by atoms with Gasteiger partial charge in [0.05, 0.1) is 0 Å². The van der Waals surface area contributed by atoms with Gasteiger partial charge in [-0.25, -0.2) is 8.78 Å². The summed E-state index contributed by atoms with van der Waals surface area (Å²) in [6.07, 6.45) is 3.54. The third-order valence-electron chi connectivity index (χ3n) is 2.95. The average Bonchev–Trinajstić information content (AvgIpc) is 2.44. The first-order chi connectivity index (χ1) is 9.66. The molecule has 5 heteroatoms. The molecule has 0 amide bonds. The summed E-state index contributed by atoms with van der Waals surface area (Å²) >= 11 is 0. The number of rotatable bonds is 6. The molecule has 106 valence electrons. The SMILES string of the molecule is Cc1cnccc1NCCNCc1ccc(F)c(F)c1. The monoisotopic (exact) mass is 277 g/mol. The Bertz CT molecular complexity index is 573. The number of halogens is 2. The second kappa shape index (κ2) is 6.96.